The summed E-state index contributed by atoms with van der Waals surface area (Å²) < 4.78 is 10.7. The van der Waals surface area contributed by atoms with E-state index in [1.165, 1.54) is 0 Å². The van der Waals surface area contributed by atoms with Crippen LogP contribution in [0, 0.1) is 27.7 Å². The van der Waals surface area contributed by atoms with E-state index < -0.39 is 0 Å². The van der Waals surface area contributed by atoms with Gasteiger partial charge < -0.3 is 14.6 Å². The molecule has 2 aromatic rings. The van der Waals surface area contributed by atoms with E-state index in [4.69, 9.17) is 9.26 Å². The minimum Gasteiger partial charge on any atom is -0.496 e. The van der Waals surface area contributed by atoms with Gasteiger partial charge in [0, 0.05) is 35.5 Å². The maximum Gasteiger partial charge on any atom is 0.138 e. The summed E-state index contributed by atoms with van der Waals surface area (Å²) in [6, 6.07) is 0.157. The number of ether oxygens (including phenoxy) is 1. The molecule has 0 aliphatic carbocycles. The molecule has 1 unspecified atom stereocenters. The highest BCUT2D eigenvalue weighted by Gasteiger charge is 2.17. The summed E-state index contributed by atoms with van der Waals surface area (Å²) >= 11 is 0. The molecule has 0 radical (unpaired) electrons. The van der Waals surface area contributed by atoms with Crippen LogP contribution >= 0.6 is 0 Å². The second kappa shape index (κ2) is 6.26. The van der Waals surface area contributed by atoms with Gasteiger partial charge in [-0.15, -0.1) is 0 Å². The normalized spacial score (nSPS) is 12.5. The quantitative estimate of drug-likeness (QED) is 0.916. The Morgan fingerprint density at radius 1 is 1.29 bits per heavy atom. The highest BCUT2D eigenvalue weighted by Crippen LogP contribution is 2.25. The number of hydrogen-bond acceptors (Lipinski definition) is 5. The number of nitrogens with zero attached hydrogens (tertiary/aromatic N) is 2. The number of aryl methyl sites for hydroxylation is 3. The molecular weight excluding hydrogens is 266 g/mol. The predicted octanol–water partition coefficient (Wildman–Crippen LogP) is 3.16. The van der Waals surface area contributed by atoms with E-state index in [-0.39, 0.29) is 6.04 Å². The smallest absolute Gasteiger partial charge is 0.138 e. The number of rotatable bonds is 5. The largest absolute Gasteiger partial charge is 0.496 e. The predicted molar refractivity (Wildman–Crippen MR) is 81.5 cm³/mol. The number of pyridine rings is 1. The van der Waals surface area contributed by atoms with Gasteiger partial charge in [0.05, 0.1) is 18.5 Å². The molecule has 2 rings (SSSR count). The van der Waals surface area contributed by atoms with Crippen molar-refractivity contribution in [3.8, 4) is 5.75 Å². The fourth-order valence-corrected chi connectivity index (χ4v) is 2.71. The first-order valence-electron chi connectivity index (χ1n) is 7.10. The molecule has 0 amide bonds. The van der Waals surface area contributed by atoms with Crippen molar-refractivity contribution in [1.29, 1.82) is 0 Å². The maximum absolute atomic E-state index is 5.44. The molecular formula is C16H23N3O2. The van der Waals surface area contributed by atoms with E-state index >= 15 is 0 Å². The Hall–Kier alpha value is -1.88. The van der Waals surface area contributed by atoms with Gasteiger partial charge in [-0.2, -0.15) is 0 Å². The Morgan fingerprint density at radius 3 is 2.57 bits per heavy atom. The molecule has 0 bridgehead atoms. The van der Waals surface area contributed by atoms with Gasteiger partial charge in [0.25, 0.3) is 0 Å². The highest BCUT2D eigenvalue weighted by atomic mass is 16.5. The molecule has 0 spiro atoms. The molecule has 2 aromatic heterocycles. The monoisotopic (exact) mass is 289 g/mol. The average molecular weight is 289 g/mol. The van der Waals surface area contributed by atoms with Crippen LogP contribution in [-0.2, 0) is 6.54 Å². The Labute approximate surface area is 125 Å². The molecule has 1 N–H and O–H groups in total. The zero-order valence-corrected chi connectivity index (χ0v) is 13.6. The Balaban J connectivity index is 2.14. The molecule has 1 atom stereocenters. The van der Waals surface area contributed by atoms with Crippen LogP contribution in [0.4, 0.5) is 0 Å². The Morgan fingerprint density at radius 2 is 2.00 bits per heavy atom. The number of aromatic nitrogens is 2. The average Bonchev–Trinajstić information content (AvgIpc) is 2.77. The van der Waals surface area contributed by atoms with Crippen molar-refractivity contribution in [2.45, 2.75) is 47.2 Å². The lowest BCUT2D eigenvalue weighted by molar-refractivity contribution is 0.390. The molecule has 0 aliphatic heterocycles. The zero-order valence-electron chi connectivity index (χ0n) is 13.6. The summed E-state index contributed by atoms with van der Waals surface area (Å²) in [6.07, 6.45) is 1.85. The van der Waals surface area contributed by atoms with E-state index in [2.05, 4.69) is 22.4 Å². The number of nitrogens with one attached hydrogen (secondary N) is 1. The third kappa shape index (κ3) is 3.08. The topological polar surface area (TPSA) is 60.2 Å². The first-order valence-corrected chi connectivity index (χ1v) is 7.10. The van der Waals surface area contributed by atoms with Gasteiger partial charge in [-0.3, -0.25) is 4.98 Å². The van der Waals surface area contributed by atoms with Crippen molar-refractivity contribution in [2.24, 2.45) is 0 Å². The van der Waals surface area contributed by atoms with Gasteiger partial charge >= 0.3 is 0 Å². The van der Waals surface area contributed by atoms with Crippen LogP contribution in [-0.4, -0.2) is 17.3 Å². The van der Waals surface area contributed by atoms with Gasteiger partial charge in [0.15, 0.2) is 0 Å². The fraction of sp³-hybridized carbons (Fsp3) is 0.500. The highest BCUT2D eigenvalue weighted by molar-refractivity contribution is 5.41. The van der Waals surface area contributed by atoms with E-state index in [0.717, 1.165) is 39.6 Å². The third-order valence-electron chi connectivity index (χ3n) is 3.85. The van der Waals surface area contributed by atoms with Gasteiger partial charge in [-0.1, -0.05) is 5.16 Å². The molecule has 2 heterocycles. The Bertz CT molecular complexity index is 615. The van der Waals surface area contributed by atoms with Crippen molar-refractivity contribution >= 4 is 0 Å². The van der Waals surface area contributed by atoms with Crippen LogP contribution in [0.2, 0.25) is 0 Å². The van der Waals surface area contributed by atoms with Gasteiger partial charge in [0.2, 0.25) is 0 Å². The molecule has 0 saturated heterocycles. The van der Waals surface area contributed by atoms with E-state index in [9.17, 15) is 0 Å². The van der Waals surface area contributed by atoms with E-state index in [0.29, 0.717) is 6.54 Å². The van der Waals surface area contributed by atoms with Gasteiger partial charge in [-0.05, 0) is 34.6 Å². The van der Waals surface area contributed by atoms with Crippen LogP contribution in [0.1, 0.15) is 46.8 Å². The first kappa shape index (κ1) is 15.5. The summed E-state index contributed by atoms with van der Waals surface area (Å²) in [4.78, 5) is 4.50. The summed E-state index contributed by atoms with van der Waals surface area (Å²) in [6.45, 7) is 10.7. The van der Waals surface area contributed by atoms with Crippen molar-refractivity contribution < 1.29 is 9.26 Å². The minimum atomic E-state index is 0.157. The minimum absolute atomic E-state index is 0.157. The first-order chi connectivity index (χ1) is 9.95. The lowest BCUT2D eigenvalue weighted by atomic mass is 10.1. The molecule has 5 nitrogen and oxygen atoms in total. The summed E-state index contributed by atoms with van der Waals surface area (Å²) in [7, 11) is 1.69. The SMILES string of the molecule is COc1c(C)cnc(CNC(C)c2c(C)noc2C)c1C. The second-order valence-electron chi connectivity index (χ2n) is 5.39. The van der Waals surface area contributed by atoms with Gasteiger partial charge in [-0.25, -0.2) is 0 Å². The molecule has 0 aliphatic rings. The second-order valence-corrected chi connectivity index (χ2v) is 5.39. The van der Waals surface area contributed by atoms with Crippen molar-refractivity contribution in [2.75, 3.05) is 7.11 Å². The summed E-state index contributed by atoms with van der Waals surface area (Å²) in [5.41, 5.74) is 5.18. The number of hydrogen-bond donors (Lipinski definition) is 1. The number of methoxy groups -OCH3 is 1. The summed E-state index contributed by atoms with van der Waals surface area (Å²) in [5, 5.41) is 7.47. The molecule has 114 valence electrons. The van der Waals surface area contributed by atoms with Crippen LogP contribution in [0.5, 0.6) is 5.75 Å². The molecule has 0 saturated carbocycles. The van der Waals surface area contributed by atoms with E-state index in [1.54, 1.807) is 7.11 Å². The van der Waals surface area contributed by atoms with Gasteiger partial charge in [0.1, 0.15) is 11.5 Å². The maximum atomic E-state index is 5.44. The molecule has 21 heavy (non-hydrogen) atoms. The molecule has 0 fully saturated rings. The van der Waals surface area contributed by atoms with Crippen LogP contribution in [0.3, 0.4) is 0 Å². The fourth-order valence-electron chi connectivity index (χ4n) is 2.71. The van der Waals surface area contributed by atoms with Crippen LogP contribution in [0.25, 0.3) is 0 Å². The van der Waals surface area contributed by atoms with Crippen LogP contribution in [0.15, 0.2) is 10.7 Å². The zero-order chi connectivity index (χ0) is 15.6. The molecule has 5 heteroatoms. The lowest BCUT2D eigenvalue weighted by Crippen LogP contribution is -2.20. The third-order valence-corrected chi connectivity index (χ3v) is 3.85. The van der Waals surface area contributed by atoms with Crippen molar-refractivity contribution in [3.63, 3.8) is 0 Å². The Kier molecular flexibility index (Phi) is 4.63. The van der Waals surface area contributed by atoms with Crippen LogP contribution < -0.4 is 10.1 Å². The standard InChI is InChI=1S/C16H23N3O2/c1-9-7-18-14(10(2)16(9)20-6)8-17-11(3)15-12(4)19-21-13(15)5/h7,11,17H,8H2,1-6H3. The van der Waals surface area contributed by atoms with E-state index in [1.807, 2.05) is 33.9 Å². The lowest BCUT2D eigenvalue weighted by Gasteiger charge is -2.16. The molecule has 0 aromatic carbocycles. The summed E-state index contributed by atoms with van der Waals surface area (Å²) in [5.74, 6) is 1.77. The van der Waals surface area contributed by atoms with Crippen molar-refractivity contribution in [1.82, 2.24) is 15.5 Å². The van der Waals surface area contributed by atoms with Crippen molar-refractivity contribution in [3.05, 3.63) is 40.0 Å².